The summed E-state index contributed by atoms with van der Waals surface area (Å²) in [6, 6.07) is 15.0. The molecule has 0 radical (unpaired) electrons. The predicted octanol–water partition coefficient (Wildman–Crippen LogP) is 2.36. The minimum atomic E-state index is -3.89. The fourth-order valence-corrected chi connectivity index (χ4v) is 7.61. The molecule has 0 unspecified atom stereocenters. The van der Waals surface area contributed by atoms with Crippen LogP contribution < -0.4 is 12.3 Å². The zero-order valence-electron chi connectivity index (χ0n) is 8.75. The van der Waals surface area contributed by atoms with Crippen molar-refractivity contribution in [3.8, 4) is 23.0 Å². The molecule has 4 nitrogen and oxygen atoms in total. The van der Waals surface area contributed by atoms with E-state index in [1.54, 1.807) is 0 Å². The molecule has 2 aromatic rings. The molecule has 0 saturated carbocycles. The number of para-hydroxylation sites is 4. The maximum atomic E-state index is 5.78. The van der Waals surface area contributed by atoms with E-state index in [1.165, 1.54) is 0 Å². The van der Waals surface area contributed by atoms with Crippen LogP contribution in [0.15, 0.2) is 48.5 Å². The fraction of sp³-hybridized carbons (Fsp3) is 0. The van der Waals surface area contributed by atoms with Crippen molar-refractivity contribution in [2.24, 2.45) is 0 Å². The third-order valence-corrected chi connectivity index (χ3v) is 8.00. The Hall–Kier alpha value is -1.56. The van der Waals surface area contributed by atoms with E-state index in [4.69, 9.17) is 12.3 Å². The summed E-state index contributed by atoms with van der Waals surface area (Å²) in [6.07, 6.45) is 0. The van der Waals surface area contributed by atoms with Gasteiger partial charge in [-0.25, -0.2) is 0 Å². The van der Waals surface area contributed by atoms with Crippen LogP contribution in [-0.4, -0.2) is 20.0 Å². The van der Waals surface area contributed by atoms with Crippen LogP contribution in [0.25, 0.3) is 0 Å². The zero-order chi connectivity index (χ0) is 11.3. The van der Waals surface area contributed by atoms with Gasteiger partial charge < -0.3 is 0 Å². The van der Waals surface area contributed by atoms with E-state index in [2.05, 4.69) is 0 Å². The normalized spacial score (nSPS) is 17.4. The Bertz CT molecular complexity index is 492. The van der Waals surface area contributed by atoms with Crippen molar-refractivity contribution in [3.63, 3.8) is 0 Å². The molecule has 0 amide bonds. The second-order valence-electron chi connectivity index (χ2n) is 3.80. The molecule has 84 valence electrons. The topological polar surface area (TPSA) is 36.9 Å². The van der Waals surface area contributed by atoms with Gasteiger partial charge in [0, 0.05) is 0 Å². The van der Waals surface area contributed by atoms with Gasteiger partial charge in [0.25, 0.3) is 0 Å². The van der Waals surface area contributed by atoms with Gasteiger partial charge in [-0.15, -0.1) is 0 Å². The molecule has 5 heteroatoms. The molecule has 0 aromatic heterocycles. The summed E-state index contributed by atoms with van der Waals surface area (Å²) in [4.78, 5) is 0. The summed E-state index contributed by atoms with van der Waals surface area (Å²) >= 11 is -3.89. The second kappa shape index (κ2) is 3.22. The Morgan fingerprint density at radius 1 is 0.529 bits per heavy atom. The number of benzene rings is 2. The molecule has 4 rings (SSSR count). The Labute approximate surface area is 104 Å². The van der Waals surface area contributed by atoms with Crippen LogP contribution in [0.4, 0.5) is 0 Å². The van der Waals surface area contributed by atoms with E-state index in [0.29, 0.717) is 23.0 Å². The number of hydrogen-bond acceptors (Lipinski definition) is 4. The van der Waals surface area contributed by atoms with Crippen molar-refractivity contribution in [3.05, 3.63) is 48.5 Å². The molecule has 17 heavy (non-hydrogen) atoms. The summed E-state index contributed by atoms with van der Waals surface area (Å²) in [6.45, 7) is 0. The Morgan fingerprint density at radius 3 is 1.12 bits per heavy atom. The molecule has 0 N–H and O–H groups in total. The van der Waals surface area contributed by atoms with Gasteiger partial charge in [-0.05, 0) is 0 Å². The van der Waals surface area contributed by atoms with E-state index < -0.39 is 20.0 Å². The van der Waals surface area contributed by atoms with Crippen molar-refractivity contribution in [2.45, 2.75) is 0 Å². The van der Waals surface area contributed by atoms with Gasteiger partial charge in [0.1, 0.15) is 0 Å². The first-order valence-electron chi connectivity index (χ1n) is 5.29. The average Bonchev–Trinajstić information content (AvgIpc) is 2.87. The van der Waals surface area contributed by atoms with Gasteiger partial charge in [0.2, 0.25) is 0 Å². The Morgan fingerprint density at radius 2 is 0.824 bits per heavy atom. The first kappa shape index (κ1) is 9.47. The van der Waals surface area contributed by atoms with Crippen LogP contribution in [0.1, 0.15) is 0 Å². The third kappa shape index (κ3) is 1.37. The van der Waals surface area contributed by atoms with Crippen LogP contribution in [0.3, 0.4) is 0 Å². The molecule has 2 aromatic carbocycles. The number of rotatable bonds is 0. The summed E-state index contributed by atoms with van der Waals surface area (Å²) in [5.41, 5.74) is 0. The first-order valence-corrected chi connectivity index (χ1v) is 9.95. The maximum absolute atomic E-state index is 5.78. The van der Waals surface area contributed by atoms with E-state index >= 15 is 0 Å². The third-order valence-electron chi connectivity index (χ3n) is 2.64. The van der Waals surface area contributed by atoms with Gasteiger partial charge >= 0.3 is 104 Å². The molecule has 0 saturated heterocycles. The minimum absolute atomic E-state index is 0.705. The van der Waals surface area contributed by atoms with Crippen LogP contribution >= 0.6 is 0 Å². The van der Waals surface area contributed by atoms with E-state index in [9.17, 15) is 0 Å². The van der Waals surface area contributed by atoms with Crippen molar-refractivity contribution in [1.29, 1.82) is 0 Å². The monoisotopic (exact) mass is 336 g/mol. The molecular weight excluding hydrogens is 327 g/mol. The van der Waals surface area contributed by atoms with Crippen molar-refractivity contribution in [1.82, 2.24) is 0 Å². The first-order chi connectivity index (χ1) is 8.35. The van der Waals surface area contributed by atoms with E-state index in [0.717, 1.165) is 0 Å². The van der Waals surface area contributed by atoms with Crippen LogP contribution in [0.2, 0.25) is 0 Å². The average molecular weight is 335 g/mol. The Kier molecular flexibility index (Phi) is 1.80. The molecule has 1 spiro atoms. The number of hydrogen-bond donors (Lipinski definition) is 0. The van der Waals surface area contributed by atoms with Gasteiger partial charge in [-0.2, -0.15) is 0 Å². The van der Waals surface area contributed by atoms with Crippen molar-refractivity contribution >= 4 is 20.0 Å². The second-order valence-corrected chi connectivity index (χ2v) is 8.99. The van der Waals surface area contributed by atoms with Gasteiger partial charge in [0.05, 0.1) is 0 Å². The van der Waals surface area contributed by atoms with Gasteiger partial charge in [-0.3, -0.25) is 0 Å². The summed E-state index contributed by atoms with van der Waals surface area (Å²) in [7, 11) is 0. The van der Waals surface area contributed by atoms with Crippen molar-refractivity contribution in [2.75, 3.05) is 0 Å². The Balaban J connectivity index is 1.72. The van der Waals surface area contributed by atoms with E-state index in [-0.39, 0.29) is 0 Å². The quantitative estimate of drug-likeness (QED) is 0.693. The molecule has 0 bridgehead atoms. The summed E-state index contributed by atoms with van der Waals surface area (Å²) in [5.74, 6) is 2.82. The fourth-order valence-electron chi connectivity index (χ4n) is 1.90. The number of fused-ring (bicyclic) bond motifs is 2. The summed E-state index contributed by atoms with van der Waals surface area (Å²) < 4.78 is 23.1. The molecule has 2 heterocycles. The zero-order valence-corrected chi connectivity index (χ0v) is 11.6. The SMILES string of the molecule is c1ccc2c(c1)[O][Sn]1([O]2)[O]c2ccccc2[O]1. The molecule has 0 atom stereocenters. The molecule has 0 fully saturated rings. The van der Waals surface area contributed by atoms with Gasteiger partial charge in [0.15, 0.2) is 0 Å². The van der Waals surface area contributed by atoms with E-state index in [1.807, 2.05) is 48.5 Å². The predicted molar refractivity (Wildman–Crippen MR) is 61.2 cm³/mol. The standard InChI is InChI=1S/2C6H6O2.Sn/c2*7-5-3-1-2-4-6(5)8;/h2*1-4,7-8H;/q;;+4/p-4. The molecular formula is C12H8O4Sn. The van der Waals surface area contributed by atoms with Gasteiger partial charge in [-0.1, -0.05) is 0 Å². The van der Waals surface area contributed by atoms with Crippen LogP contribution in [0, 0.1) is 0 Å². The van der Waals surface area contributed by atoms with Crippen molar-refractivity contribution < 1.29 is 12.3 Å². The molecule has 2 aliphatic heterocycles. The van der Waals surface area contributed by atoms with Crippen LogP contribution in [-0.2, 0) is 0 Å². The van der Waals surface area contributed by atoms with Crippen LogP contribution in [0.5, 0.6) is 23.0 Å². The molecule has 0 aliphatic carbocycles. The molecule has 2 aliphatic rings. The summed E-state index contributed by atoms with van der Waals surface area (Å²) in [5, 5.41) is 0.